The number of carbonyl (C=O) groups excluding carboxylic acids is 1. The van der Waals surface area contributed by atoms with Gasteiger partial charge in [0.05, 0.1) is 13.2 Å². The fourth-order valence-electron chi connectivity index (χ4n) is 3.13. The molecule has 25 heavy (non-hydrogen) atoms. The number of amides is 1. The third kappa shape index (κ3) is 6.58. The Labute approximate surface area is 151 Å². The van der Waals surface area contributed by atoms with Crippen molar-refractivity contribution in [2.24, 2.45) is 0 Å². The summed E-state index contributed by atoms with van der Waals surface area (Å²) >= 11 is 0. The van der Waals surface area contributed by atoms with Gasteiger partial charge in [-0.15, -0.1) is 0 Å². The first kappa shape index (κ1) is 19.6. The highest BCUT2D eigenvalue weighted by molar-refractivity contribution is 5.94. The van der Waals surface area contributed by atoms with Gasteiger partial charge in [0.2, 0.25) is 0 Å². The summed E-state index contributed by atoms with van der Waals surface area (Å²) < 4.78 is 11.0. The van der Waals surface area contributed by atoms with E-state index in [0.717, 1.165) is 13.0 Å². The third-order valence-electron chi connectivity index (χ3n) is 4.42. The van der Waals surface area contributed by atoms with Crippen molar-refractivity contribution < 1.29 is 14.3 Å². The van der Waals surface area contributed by atoms with Crippen LogP contribution in [0.2, 0.25) is 0 Å². The van der Waals surface area contributed by atoms with Crippen LogP contribution in [-0.2, 0) is 0 Å². The largest absolute Gasteiger partial charge is 0.493 e. The lowest BCUT2D eigenvalue weighted by Gasteiger charge is -2.19. The molecule has 0 bridgehead atoms. The van der Waals surface area contributed by atoms with Crippen molar-refractivity contribution in [3.05, 3.63) is 23.8 Å². The number of likely N-dealkylation sites (tertiary alicyclic amines) is 1. The summed E-state index contributed by atoms with van der Waals surface area (Å²) in [6.45, 7) is 8.08. The van der Waals surface area contributed by atoms with Crippen LogP contribution in [0.25, 0.3) is 0 Å². The van der Waals surface area contributed by atoms with Crippen LogP contribution in [0.1, 0.15) is 56.3 Å². The van der Waals surface area contributed by atoms with E-state index in [1.54, 1.807) is 25.3 Å². The topological polar surface area (TPSA) is 50.8 Å². The zero-order valence-corrected chi connectivity index (χ0v) is 15.8. The maximum absolute atomic E-state index is 12.3. The molecule has 1 aromatic carbocycles. The van der Waals surface area contributed by atoms with E-state index in [-0.39, 0.29) is 12.0 Å². The van der Waals surface area contributed by atoms with Gasteiger partial charge in [0.25, 0.3) is 5.91 Å². The molecule has 1 N–H and O–H groups in total. The van der Waals surface area contributed by atoms with Crippen LogP contribution in [0.15, 0.2) is 18.2 Å². The van der Waals surface area contributed by atoms with E-state index in [9.17, 15) is 4.79 Å². The van der Waals surface area contributed by atoms with Gasteiger partial charge in [-0.3, -0.25) is 4.79 Å². The second kappa shape index (κ2) is 10.3. The molecular weight excluding hydrogens is 316 g/mol. The minimum atomic E-state index is -0.0646. The monoisotopic (exact) mass is 348 g/mol. The fraction of sp³-hybridized carbons (Fsp3) is 0.650. The fourth-order valence-corrected chi connectivity index (χ4v) is 3.13. The van der Waals surface area contributed by atoms with Crippen LogP contribution in [-0.4, -0.2) is 50.2 Å². The number of hydrogen-bond donors (Lipinski definition) is 1. The molecule has 1 heterocycles. The molecule has 1 aromatic rings. The molecule has 140 valence electrons. The summed E-state index contributed by atoms with van der Waals surface area (Å²) in [7, 11) is 1.59. The number of carbonyl (C=O) groups is 1. The van der Waals surface area contributed by atoms with Crippen molar-refractivity contribution in [1.29, 1.82) is 0 Å². The van der Waals surface area contributed by atoms with Gasteiger partial charge in [0.15, 0.2) is 11.5 Å². The molecule has 1 aliphatic rings. The molecule has 1 aliphatic heterocycles. The first-order valence-corrected chi connectivity index (χ1v) is 9.45. The molecule has 1 fully saturated rings. The van der Waals surface area contributed by atoms with Gasteiger partial charge < -0.3 is 19.7 Å². The Morgan fingerprint density at radius 2 is 1.88 bits per heavy atom. The standard InChI is InChI=1S/C20H32N2O3/c1-16(2)25-18-10-9-17(15-19(18)24-3)20(23)21-11-8-14-22-12-6-4-5-7-13-22/h9-10,15-16H,4-8,11-14H2,1-3H3,(H,21,23). The van der Waals surface area contributed by atoms with Gasteiger partial charge in [-0.25, -0.2) is 0 Å². The van der Waals surface area contributed by atoms with Gasteiger partial charge in [0.1, 0.15) is 0 Å². The number of rotatable bonds is 8. The van der Waals surface area contributed by atoms with Gasteiger partial charge in [-0.2, -0.15) is 0 Å². The van der Waals surface area contributed by atoms with Crippen molar-refractivity contribution >= 4 is 5.91 Å². The number of methoxy groups -OCH3 is 1. The lowest BCUT2D eigenvalue weighted by Crippen LogP contribution is -2.30. The molecule has 0 aliphatic carbocycles. The third-order valence-corrected chi connectivity index (χ3v) is 4.42. The highest BCUT2D eigenvalue weighted by atomic mass is 16.5. The molecule has 0 aromatic heterocycles. The first-order valence-electron chi connectivity index (χ1n) is 9.45. The SMILES string of the molecule is COc1cc(C(=O)NCCCN2CCCCCC2)ccc1OC(C)C. The van der Waals surface area contributed by atoms with Crippen LogP contribution in [0, 0.1) is 0 Å². The molecule has 5 nitrogen and oxygen atoms in total. The summed E-state index contributed by atoms with van der Waals surface area (Å²) in [6, 6.07) is 5.32. The molecule has 0 unspecified atom stereocenters. The Bertz CT molecular complexity index is 538. The van der Waals surface area contributed by atoms with Crippen LogP contribution >= 0.6 is 0 Å². The van der Waals surface area contributed by atoms with E-state index in [1.165, 1.54) is 38.8 Å². The van der Waals surface area contributed by atoms with Crippen molar-refractivity contribution in [2.45, 2.75) is 52.1 Å². The van der Waals surface area contributed by atoms with Crippen molar-refractivity contribution in [2.75, 3.05) is 33.3 Å². The Kier molecular flexibility index (Phi) is 8.06. The quantitative estimate of drug-likeness (QED) is 0.731. The van der Waals surface area contributed by atoms with Crippen molar-refractivity contribution in [3.63, 3.8) is 0 Å². The number of ether oxygens (including phenoxy) is 2. The molecule has 0 spiro atoms. The Morgan fingerprint density at radius 3 is 2.52 bits per heavy atom. The predicted octanol–water partition coefficient (Wildman–Crippen LogP) is 3.48. The molecular formula is C20H32N2O3. The summed E-state index contributed by atoms with van der Waals surface area (Å²) in [6.07, 6.45) is 6.36. The molecule has 2 rings (SSSR count). The maximum atomic E-state index is 12.3. The van der Waals surface area contributed by atoms with Crippen molar-refractivity contribution in [3.8, 4) is 11.5 Å². The predicted molar refractivity (Wildman–Crippen MR) is 101 cm³/mol. The Balaban J connectivity index is 1.79. The van der Waals surface area contributed by atoms with Crippen molar-refractivity contribution in [1.82, 2.24) is 10.2 Å². The molecule has 5 heteroatoms. The lowest BCUT2D eigenvalue weighted by atomic mass is 10.2. The molecule has 1 saturated heterocycles. The van der Waals surface area contributed by atoms with Gasteiger partial charge >= 0.3 is 0 Å². The minimum Gasteiger partial charge on any atom is -0.493 e. The lowest BCUT2D eigenvalue weighted by molar-refractivity contribution is 0.0951. The summed E-state index contributed by atoms with van der Waals surface area (Å²) in [5.74, 6) is 1.19. The van der Waals surface area contributed by atoms with E-state index in [2.05, 4.69) is 10.2 Å². The minimum absolute atomic E-state index is 0.0626. The average Bonchev–Trinajstić information content (AvgIpc) is 2.87. The number of nitrogens with zero attached hydrogens (tertiary/aromatic N) is 1. The summed E-state index contributed by atoms with van der Waals surface area (Å²) in [5.41, 5.74) is 0.600. The summed E-state index contributed by atoms with van der Waals surface area (Å²) in [4.78, 5) is 14.8. The zero-order valence-electron chi connectivity index (χ0n) is 15.8. The van der Waals surface area contributed by atoms with Gasteiger partial charge in [0, 0.05) is 12.1 Å². The zero-order chi connectivity index (χ0) is 18.1. The summed E-state index contributed by atoms with van der Waals surface area (Å²) in [5, 5.41) is 3.00. The Hall–Kier alpha value is -1.75. The van der Waals surface area contributed by atoms with E-state index >= 15 is 0 Å². The van der Waals surface area contributed by atoms with E-state index in [1.807, 2.05) is 13.8 Å². The molecule has 0 atom stereocenters. The van der Waals surface area contributed by atoms with Gasteiger partial charge in [-0.05, 0) is 70.9 Å². The van der Waals surface area contributed by atoms with Crippen LogP contribution in [0.3, 0.4) is 0 Å². The van der Waals surface area contributed by atoms with E-state index in [0.29, 0.717) is 23.6 Å². The first-order chi connectivity index (χ1) is 12.1. The second-order valence-electron chi connectivity index (χ2n) is 6.90. The van der Waals surface area contributed by atoms with Gasteiger partial charge in [-0.1, -0.05) is 12.8 Å². The van der Waals surface area contributed by atoms with Crippen LogP contribution < -0.4 is 14.8 Å². The molecule has 0 saturated carbocycles. The second-order valence-corrected chi connectivity index (χ2v) is 6.90. The highest BCUT2D eigenvalue weighted by Crippen LogP contribution is 2.28. The number of benzene rings is 1. The van der Waals surface area contributed by atoms with E-state index in [4.69, 9.17) is 9.47 Å². The van der Waals surface area contributed by atoms with E-state index < -0.39 is 0 Å². The number of hydrogen-bond acceptors (Lipinski definition) is 4. The smallest absolute Gasteiger partial charge is 0.251 e. The Morgan fingerprint density at radius 1 is 1.16 bits per heavy atom. The average molecular weight is 348 g/mol. The number of nitrogens with one attached hydrogen (secondary N) is 1. The van der Waals surface area contributed by atoms with Crippen LogP contribution in [0.5, 0.6) is 11.5 Å². The highest BCUT2D eigenvalue weighted by Gasteiger charge is 2.12. The molecule has 1 amide bonds. The van der Waals surface area contributed by atoms with Crippen LogP contribution in [0.4, 0.5) is 0 Å². The normalized spacial score (nSPS) is 15.7. The molecule has 0 radical (unpaired) electrons. The maximum Gasteiger partial charge on any atom is 0.251 e.